The van der Waals surface area contributed by atoms with Gasteiger partial charge in [0.15, 0.2) is 11.8 Å². The van der Waals surface area contributed by atoms with Crippen LogP contribution in [-0.2, 0) is 22.4 Å². The first-order valence-corrected chi connectivity index (χ1v) is 9.51. The first kappa shape index (κ1) is 23.8. The van der Waals surface area contributed by atoms with Gasteiger partial charge in [-0.3, -0.25) is 0 Å². The fourth-order valence-corrected chi connectivity index (χ4v) is 2.91. The number of halogens is 3. The number of carbonyl (C=O) groups excluding carboxylic acids is 1. The number of oxime groups is 1. The number of benzene rings is 1. The van der Waals surface area contributed by atoms with Gasteiger partial charge in [0.05, 0.1) is 6.61 Å². The van der Waals surface area contributed by atoms with Crippen LogP contribution in [0.2, 0.25) is 0 Å². The quantitative estimate of drug-likeness (QED) is 0.257. The number of hydrogen-bond acceptors (Lipinski definition) is 5. The molecule has 0 heterocycles. The monoisotopic (exact) mass is 403 g/mol. The summed E-state index contributed by atoms with van der Waals surface area (Å²) in [5.41, 5.74) is -0.502. The van der Waals surface area contributed by atoms with Crippen molar-refractivity contribution >= 4 is 11.7 Å². The molecule has 0 saturated heterocycles. The van der Waals surface area contributed by atoms with Crippen molar-refractivity contribution in [3.63, 3.8) is 0 Å². The predicted molar refractivity (Wildman–Crippen MR) is 100 cm³/mol. The van der Waals surface area contributed by atoms with Gasteiger partial charge in [-0.2, -0.15) is 13.2 Å². The Labute approximate surface area is 163 Å². The van der Waals surface area contributed by atoms with Crippen LogP contribution >= 0.6 is 0 Å². The van der Waals surface area contributed by atoms with E-state index in [2.05, 4.69) is 5.16 Å². The molecule has 0 fully saturated rings. The highest BCUT2D eigenvalue weighted by Gasteiger charge is 2.38. The smallest absolute Gasteiger partial charge is 0.437 e. The number of carbonyl (C=O) groups is 1. The minimum absolute atomic E-state index is 0.211. The molecule has 1 rings (SSSR count). The number of rotatable bonds is 10. The van der Waals surface area contributed by atoms with Gasteiger partial charge >= 0.3 is 12.1 Å². The van der Waals surface area contributed by atoms with Gasteiger partial charge in [-0.05, 0) is 49.4 Å². The molecule has 1 aromatic rings. The maximum absolute atomic E-state index is 13.2. The van der Waals surface area contributed by atoms with E-state index in [9.17, 15) is 18.0 Å². The molecular formula is C20H28F3NO4. The Hall–Kier alpha value is -2.25. The van der Waals surface area contributed by atoms with Crippen molar-refractivity contribution in [2.75, 3.05) is 6.61 Å². The Bertz CT molecular complexity index is 660. The standard InChI is InChI=1S/C20H28F3NO4/c1-5-9-13-11-15(18(24-26)20(21,22)23)12-14(10-6-2)17(13)28-16(7-3)19(25)27-8-4/h11-12,16,26H,5-10H2,1-4H3/b24-18+. The third-order valence-electron chi connectivity index (χ3n) is 4.10. The number of aryl methyl sites for hydroxylation is 2. The second kappa shape index (κ2) is 10.9. The van der Waals surface area contributed by atoms with Crippen molar-refractivity contribution in [2.24, 2.45) is 5.16 Å². The lowest BCUT2D eigenvalue weighted by Gasteiger charge is -2.22. The van der Waals surface area contributed by atoms with Crippen LogP contribution in [0.4, 0.5) is 13.2 Å². The number of esters is 1. The van der Waals surface area contributed by atoms with Crippen molar-refractivity contribution in [2.45, 2.75) is 72.1 Å². The molecule has 1 N–H and O–H groups in total. The molecule has 0 aliphatic heterocycles. The van der Waals surface area contributed by atoms with Crippen LogP contribution in [0, 0.1) is 0 Å². The average Bonchev–Trinajstić information content (AvgIpc) is 2.61. The number of hydrogen-bond donors (Lipinski definition) is 1. The average molecular weight is 403 g/mol. The molecule has 0 spiro atoms. The summed E-state index contributed by atoms with van der Waals surface area (Å²) in [5, 5.41) is 11.4. The molecule has 158 valence electrons. The lowest BCUT2D eigenvalue weighted by atomic mass is 9.95. The van der Waals surface area contributed by atoms with Crippen LogP contribution in [0.5, 0.6) is 5.75 Å². The van der Waals surface area contributed by atoms with E-state index in [-0.39, 0.29) is 12.2 Å². The van der Waals surface area contributed by atoms with E-state index in [0.29, 0.717) is 49.0 Å². The molecule has 0 aliphatic carbocycles. The maximum Gasteiger partial charge on any atom is 0.437 e. The normalized spacial score (nSPS) is 13.3. The van der Waals surface area contributed by atoms with E-state index in [1.165, 1.54) is 12.1 Å². The third kappa shape index (κ3) is 6.14. The molecule has 1 aromatic carbocycles. The van der Waals surface area contributed by atoms with Crippen LogP contribution in [-0.4, -0.2) is 35.8 Å². The zero-order valence-electron chi connectivity index (χ0n) is 16.7. The van der Waals surface area contributed by atoms with Gasteiger partial charge in [0, 0.05) is 5.56 Å². The van der Waals surface area contributed by atoms with Crippen molar-refractivity contribution in [1.29, 1.82) is 0 Å². The number of ether oxygens (including phenoxy) is 2. The van der Waals surface area contributed by atoms with E-state index in [1.54, 1.807) is 13.8 Å². The van der Waals surface area contributed by atoms with E-state index < -0.39 is 24.0 Å². The SMILES string of the molecule is CCCc1cc(/C(=N\O)C(F)(F)F)cc(CCC)c1OC(CC)C(=O)OCC. The van der Waals surface area contributed by atoms with Gasteiger partial charge in [-0.25, -0.2) is 4.79 Å². The first-order valence-electron chi connectivity index (χ1n) is 9.51. The van der Waals surface area contributed by atoms with E-state index in [4.69, 9.17) is 14.7 Å². The highest BCUT2D eigenvalue weighted by atomic mass is 19.4. The number of alkyl halides is 3. The van der Waals surface area contributed by atoms with Crippen LogP contribution < -0.4 is 4.74 Å². The van der Waals surface area contributed by atoms with Crippen molar-refractivity contribution < 1.29 is 32.6 Å². The Morgan fingerprint density at radius 1 is 1.11 bits per heavy atom. The molecule has 0 aromatic heterocycles. The van der Waals surface area contributed by atoms with E-state index >= 15 is 0 Å². The van der Waals surface area contributed by atoms with Gasteiger partial charge in [0.1, 0.15) is 5.75 Å². The van der Waals surface area contributed by atoms with Gasteiger partial charge < -0.3 is 14.7 Å². The lowest BCUT2D eigenvalue weighted by Crippen LogP contribution is -2.30. The van der Waals surface area contributed by atoms with Gasteiger partial charge in [0.2, 0.25) is 0 Å². The zero-order chi connectivity index (χ0) is 21.3. The van der Waals surface area contributed by atoms with E-state index in [1.807, 2.05) is 13.8 Å². The molecular weight excluding hydrogens is 375 g/mol. The van der Waals surface area contributed by atoms with Crippen molar-refractivity contribution in [1.82, 2.24) is 0 Å². The first-order chi connectivity index (χ1) is 13.2. The largest absolute Gasteiger partial charge is 0.478 e. The second-order valence-corrected chi connectivity index (χ2v) is 6.34. The van der Waals surface area contributed by atoms with Crippen molar-refractivity contribution in [3.8, 4) is 5.75 Å². The summed E-state index contributed by atoms with van der Waals surface area (Å²) in [5.74, 6) is -0.0984. The molecule has 5 nitrogen and oxygen atoms in total. The number of nitrogens with zero attached hydrogens (tertiary/aromatic N) is 1. The second-order valence-electron chi connectivity index (χ2n) is 6.34. The molecule has 0 bridgehead atoms. The zero-order valence-corrected chi connectivity index (χ0v) is 16.7. The summed E-state index contributed by atoms with van der Waals surface area (Å²) < 4.78 is 50.6. The topological polar surface area (TPSA) is 68.1 Å². The summed E-state index contributed by atoms with van der Waals surface area (Å²) in [6.07, 6.45) is -3.03. The summed E-state index contributed by atoms with van der Waals surface area (Å²) in [6, 6.07) is 2.64. The van der Waals surface area contributed by atoms with Crippen LogP contribution in [0.15, 0.2) is 17.3 Å². The summed E-state index contributed by atoms with van der Waals surface area (Å²) in [7, 11) is 0. The Morgan fingerprint density at radius 2 is 1.64 bits per heavy atom. The van der Waals surface area contributed by atoms with Crippen LogP contribution in [0.1, 0.15) is 63.6 Å². The molecule has 0 saturated carbocycles. The Kier molecular flexibility index (Phi) is 9.28. The van der Waals surface area contributed by atoms with Crippen LogP contribution in [0.25, 0.3) is 0 Å². The third-order valence-corrected chi connectivity index (χ3v) is 4.10. The molecule has 1 unspecified atom stereocenters. The minimum atomic E-state index is -4.79. The van der Waals surface area contributed by atoms with Crippen LogP contribution in [0.3, 0.4) is 0 Å². The summed E-state index contributed by atoms with van der Waals surface area (Å²) in [4.78, 5) is 12.1. The molecule has 8 heteroatoms. The van der Waals surface area contributed by atoms with Gasteiger partial charge in [-0.15, -0.1) is 0 Å². The fraction of sp³-hybridized carbons (Fsp3) is 0.600. The minimum Gasteiger partial charge on any atom is -0.478 e. The fourth-order valence-electron chi connectivity index (χ4n) is 2.91. The summed E-state index contributed by atoms with van der Waals surface area (Å²) in [6.45, 7) is 7.46. The highest BCUT2D eigenvalue weighted by Crippen LogP contribution is 2.33. The predicted octanol–water partition coefficient (Wildman–Crippen LogP) is 5.05. The highest BCUT2D eigenvalue weighted by molar-refractivity contribution is 6.04. The molecule has 0 radical (unpaired) electrons. The van der Waals surface area contributed by atoms with Crippen molar-refractivity contribution in [3.05, 3.63) is 28.8 Å². The molecule has 28 heavy (non-hydrogen) atoms. The molecule has 0 aliphatic rings. The molecule has 0 amide bonds. The summed E-state index contributed by atoms with van der Waals surface area (Å²) >= 11 is 0. The van der Waals surface area contributed by atoms with Gasteiger partial charge in [-0.1, -0.05) is 38.8 Å². The Balaban J connectivity index is 3.51. The van der Waals surface area contributed by atoms with Gasteiger partial charge in [0.25, 0.3) is 0 Å². The molecule has 1 atom stereocenters. The lowest BCUT2D eigenvalue weighted by molar-refractivity contribution is -0.151. The Morgan fingerprint density at radius 3 is 2.00 bits per heavy atom. The van der Waals surface area contributed by atoms with E-state index in [0.717, 1.165) is 0 Å². The maximum atomic E-state index is 13.2.